The number of nitrogens with one attached hydrogen (secondary N) is 1. The minimum Gasteiger partial charge on any atom is -0.494 e. The smallest absolute Gasteiger partial charge is 0.238 e. The van der Waals surface area contributed by atoms with Gasteiger partial charge in [-0.1, -0.05) is 13.0 Å². The van der Waals surface area contributed by atoms with Crippen LogP contribution in [0, 0.1) is 5.82 Å². The summed E-state index contributed by atoms with van der Waals surface area (Å²) in [6.45, 7) is 2.98. The molecule has 9 heteroatoms. The van der Waals surface area contributed by atoms with E-state index < -0.39 is 15.8 Å². The maximum Gasteiger partial charge on any atom is 0.238 e. The highest BCUT2D eigenvalue weighted by Crippen LogP contribution is 2.19. The van der Waals surface area contributed by atoms with Crippen LogP contribution in [0.1, 0.15) is 12.5 Å². The molecule has 0 aliphatic heterocycles. The molecule has 2 rings (SSSR count). The number of nitrogens with zero attached hydrogens (tertiary/aromatic N) is 1. The molecule has 2 aromatic rings. The third-order valence-corrected chi connectivity index (χ3v) is 4.83. The van der Waals surface area contributed by atoms with Crippen molar-refractivity contribution in [3.63, 3.8) is 0 Å². The summed E-state index contributed by atoms with van der Waals surface area (Å²) >= 11 is 0. The third kappa shape index (κ3) is 6.02. The zero-order valence-electron chi connectivity index (χ0n) is 15.1. The molecule has 0 bridgehead atoms. The maximum absolute atomic E-state index is 13.8. The molecule has 27 heavy (non-hydrogen) atoms. The summed E-state index contributed by atoms with van der Waals surface area (Å²) in [7, 11) is -2.38. The average Bonchev–Trinajstić information content (AvgIpc) is 2.61. The molecule has 0 aliphatic rings. The Morgan fingerprint density at radius 2 is 1.89 bits per heavy atom. The minimum atomic E-state index is -3.77. The van der Waals surface area contributed by atoms with E-state index in [0.29, 0.717) is 18.8 Å². The van der Waals surface area contributed by atoms with Crippen LogP contribution in [0.2, 0.25) is 0 Å². The molecule has 0 saturated carbocycles. The van der Waals surface area contributed by atoms with Crippen molar-refractivity contribution in [3.8, 4) is 5.75 Å². The van der Waals surface area contributed by atoms with E-state index in [9.17, 15) is 17.6 Å². The zero-order chi connectivity index (χ0) is 20.0. The van der Waals surface area contributed by atoms with Crippen molar-refractivity contribution in [3.05, 3.63) is 53.8 Å². The summed E-state index contributed by atoms with van der Waals surface area (Å²) in [6.07, 6.45) is 0. The first-order chi connectivity index (χ1) is 12.7. The van der Waals surface area contributed by atoms with Crippen LogP contribution in [0.5, 0.6) is 5.75 Å². The fourth-order valence-electron chi connectivity index (χ4n) is 2.48. The van der Waals surface area contributed by atoms with Crippen molar-refractivity contribution in [1.29, 1.82) is 0 Å². The number of benzene rings is 2. The average molecular weight is 395 g/mol. The SMILES string of the molecule is CCN(CC(=O)Nc1ccc(S(N)(=O)=O)cc1)Cc1ccc(OC)c(F)c1. The molecule has 0 heterocycles. The van der Waals surface area contributed by atoms with Gasteiger partial charge in [0.1, 0.15) is 0 Å². The van der Waals surface area contributed by atoms with Crippen molar-refractivity contribution in [2.24, 2.45) is 5.14 Å². The van der Waals surface area contributed by atoms with Crippen LogP contribution >= 0.6 is 0 Å². The molecule has 0 radical (unpaired) electrons. The number of hydrogen-bond donors (Lipinski definition) is 2. The number of hydrogen-bond acceptors (Lipinski definition) is 5. The molecule has 0 saturated heterocycles. The Labute approximate surface area is 158 Å². The molecule has 0 aromatic heterocycles. The van der Waals surface area contributed by atoms with E-state index in [2.05, 4.69) is 5.32 Å². The van der Waals surface area contributed by atoms with E-state index in [1.54, 1.807) is 12.1 Å². The molecule has 0 spiro atoms. The van der Waals surface area contributed by atoms with Gasteiger partial charge in [-0.2, -0.15) is 0 Å². The largest absolute Gasteiger partial charge is 0.494 e. The predicted octanol–water partition coefficient (Wildman–Crippen LogP) is 1.94. The van der Waals surface area contributed by atoms with Gasteiger partial charge in [0, 0.05) is 12.2 Å². The van der Waals surface area contributed by atoms with E-state index in [0.717, 1.165) is 5.56 Å². The predicted molar refractivity (Wildman–Crippen MR) is 100 cm³/mol. The summed E-state index contributed by atoms with van der Waals surface area (Å²) in [5, 5.41) is 7.73. The Balaban J connectivity index is 1.97. The summed E-state index contributed by atoms with van der Waals surface area (Å²) in [6, 6.07) is 10.2. The number of primary sulfonamides is 1. The normalized spacial score (nSPS) is 11.4. The van der Waals surface area contributed by atoms with Gasteiger partial charge >= 0.3 is 0 Å². The second-order valence-electron chi connectivity index (χ2n) is 5.89. The lowest BCUT2D eigenvalue weighted by atomic mass is 10.2. The lowest BCUT2D eigenvalue weighted by Crippen LogP contribution is -2.32. The first kappa shape index (κ1) is 20.8. The fraction of sp³-hybridized carbons (Fsp3) is 0.278. The molecule has 2 aromatic carbocycles. The Morgan fingerprint density at radius 3 is 2.41 bits per heavy atom. The van der Waals surface area contributed by atoms with Crippen LogP contribution < -0.4 is 15.2 Å². The highest BCUT2D eigenvalue weighted by molar-refractivity contribution is 7.89. The first-order valence-electron chi connectivity index (χ1n) is 8.20. The van der Waals surface area contributed by atoms with E-state index >= 15 is 0 Å². The lowest BCUT2D eigenvalue weighted by Gasteiger charge is -2.20. The van der Waals surface area contributed by atoms with Crippen LogP contribution in [0.4, 0.5) is 10.1 Å². The van der Waals surface area contributed by atoms with E-state index in [1.165, 1.54) is 37.4 Å². The fourth-order valence-corrected chi connectivity index (χ4v) is 2.99. The molecular weight excluding hydrogens is 373 g/mol. The summed E-state index contributed by atoms with van der Waals surface area (Å²) in [5.74, 6) is -0.554. The van der Waals surface area contributed by atoms with Gasteiger partial charge in [0.2, 0.25) is 15.9 Å². The van der Waals surface area contributed by atoms with Gasteiger partial charge < -0.3 is 10.1 Å². The number of nitrogens with two attached hydrogens (primary N) is 1. The van der Waals surface area contributed by atoms with Gasteiger partial charge in [0.15, 0.2) is 11.6 Å². The minimum absolute atomic E-state index is 0.0304. The number of halogens is 1. The molecular formula is C18H22FN3O4S. The van der Waals surface area contributed by atoms with Crippen molar-refractivity contribution in [1.82, 2.24) is 4.90 Å². The van der Waals surface area contributed by atoms with E-state index in [1.807, 2.05) is 11.8 Å². The van der Waals surface area contributed by atoms with Crippen LogP contribution in [0.15, 0.2) is 47.4 Å². The molecule has 3 N–H and O–H groups in total. The monoisotopic (exact) mass is 395 g/mol. The Kier molecular flexibility index (Phi) is 6.89. The van der Waals surface area contributed by atoms with Crippen LogP contribution in [0.25, 0.3) is 0 Å². The second-order valence-corrected chi connectivity index (χ2v) is 7.45. The van der Waals surface area contributed by atoms with Crippen LogP contribution in [0.3, 0.4) is 0 Å². The molecule has 146 valence electrons. The van der Waals surface area contributed by atoms with Gasteiger partial charge in [-0.25, -0.2) is 17.9 Å². The molecule has 0 atom stereocenters. The van der Waals surface area contributed by atoms with Gasteiger partial charge in [0.25, 0.3) is 0 Å². The highest BCUT2D eigenvalue weighted by atomic mass is 32.2. The number of sulfonamides is 1. The van der Waals surface area contributed by atoms with Crippen LogP contribution in [-0.4, -0.2) is 39.4 Å². The molecule has 1 amide bonds. The summed E-state index contributed by atoms with van der Waals surface area (Å²) in [4.78, 5) is 14.0. The van der Waals surface area contributed by atoms with Gasteiger partial charge in [-0.15, -0.1) is 0 Å². The summed E-state index contributed by atoms with van der Waals surface area (Å²) in [5.41, 5.74) is 1.18. The van der Waals surface area contributed by atoms with E-state index in [-0.39, 0.29) is 23.1 Å². The van der Waals surface area contributed by atoms with Crippen LogP contribution in [-0.2, 0) is 21.4 Å². The van der Waals surface area contributed by atoms with Gasteiger partial charge in [-0.05, 0) is 48.5 Å². The highest BCUT2D eigenvalue weighted by Gasteiger charge is 2.13. The molecule has 0 aliphatic carbocycles. The number of likely N-dealkylation sites (N-methyl/N-ethyl adjacent to an activating group) is 1. The number of carbonyl (C=O) groups is 1. The molecule has 7 nitrogen and oxygen atoms in total. The maximum atomic E-state index is 13.8. The van der Waals surface area contributed by atoms with E-state index in [4.69, 9.17) is 9.88 Å². The Bertz CT molecular complexity index is 901. The standard InChI is InChI=1S/C18H22FN3O4S/c1-3-22(11-13-4-9-17(26-2)16(19)10-13)12-18(23)21-14-5-7-15(8-6-14)27(20,24)25/h4-10H,3,11-12H2,1-2H3,(H,21,23)(H2,20,24,25). The van der Waals surface area contributed by atoms with Gasteiger partial charge in [-0.3, -0.25) is 9.69 Å². The number of carbonyl (C=O) groups excluding carboxylic acids is 1. The topological polar surface area (TPSA) is 102 Å². The number of rotatable bonds is 8. The van der Waals surface area contributed by atoms with Crippen molar-refractivity contribution in [2.75, 3.05) is 25.5 Å². The Hall–Kier alpha value is -2.49. The molecule has 0 fully saturated rings. The number of anilines is 1. The van der Waals surface area contributed by atoms with Crippen molar-refractivity contribution in [2.45, 2.75) is 18.4 Å². The quantitative estimate of drug-likeness (QED) is 0.711. The van der Waals surface area contributed by atoms with Crippen molar-refractivity contribution >= 4 is 21.6 Å². The lowest BCUT2D eigenvalue weighted by molar-refractivity contribution is -0.117. The van der Waals surface area contributed by atoms with Crippen molar-refractivity contribution < 1.29 is 22.3 Å². The zero-order valence-corrected chi connectivity index (χ0v) is 15.9. The third-order valence-electron chi connectivity index (χ3n) is 3.90. The second kappa shape index (κ2) is 8.94. The number of amides is 1. The summed E-state index contributed by atoms with van der Waals surface area (Å²) < 4.78 is 41.2. The first-order valence-corrected chi connectivity index (χ1v) is 9.75. The number of ether oxygens (including phenoxy) is 1. The van der Waals surface area contributed by atoms with Gasteiger partial charge in [0.05, 0.1) is 18.6 Å². The Morgan fingerprint density at radius 1 is 1.22 bits per heavy atom. The number of methoxy groups -OCH3 is 1. The molecule has 0 unspecified atom stereocenters.